The van der Waals surface area contributed by atoms with Gasteiger partial charge in [0.1, 0.15) is 6.33 Å². The molecular weight excluding hydrogens is 278 g/mol. The molecule has 1 amide bonds. The van der Waals surface area contributed by atoms with Crippen LogP contribution < -0.4 is 5.32 Å². The van der Waals surface area contributed by atoms with Gasteiger partial charge in [0.15, 0.2) is 0 Å². The Morgan fingerprint density at radius 1 is 1.18 bits per heavy atom. The van der Waals surface area contributed by atoms with Gasteiger partial charge in [0.2, 0.25) is 0 Å². The first-order chi connectivity index (χ1) is 10.8. The number of anilines is 1. The number of aromatic nitrogens is 4. The molecule has 3 aromatic rings. The Hall–Kier alpha value is -3.02. The molecule has 0 atom stereocenters. The van der Waals surface area contributed by atoms with E-state index in [1.165, 1.54) is 16.6 Å². The fourth-order valence-corrected chi connectivity index (χ4v) is 2.12. The van der Waals surface area contributed by atoms with E-state index in [9.17, 15) is 4.79 Å². The van der Waals surface area contributed by atoms with Gasteiger partial charge >= 0.3 is 0 Å². The van der Waals surface area contributed by atoms with Crippen LogP contribution in [-0.2, 0) is 6.42 Å². The molecule has 0 aliphatic rings. The zero-order chi connectivity index (χ0) is 15.4. The molecule has 6 nitrogen and oxygen atoms in total. The SMILES string of the molecule is CCc1cccc(NC(=O)c2ccc(-n3cnnn3)cc2)c1. The number of benzene rings is 2. The zero-order valence-corrected chi connectivity index (χ0v) is 12.1. The maximum Gasteiger partial charge on any atom is 0.255 e. The van der Waals surface area contributed by atoms with E-state index in [0.717, 1.165) is 17.8 Å². The van der Waals surface area contributed by atoms with Crippen molar-refractivity contribution in [3.63, 3.8) is 0 Å². The second-order valence-electron chi connectivity index (χ2n) is 4.81. The van der Waals surface area contributed by atoms with Crippen molar-refractivity contribution in [1.29, 1.82) is 0 Å². The first-order valence-corrected chi connectivity index (χ1v) is 7.00. The van der Waals surface area contributed by atoms with Crippen LogP contribution in [-0.4, -0.2) is 26.1 Å². The Bertz CT molecular complexity index is 765. The number of carbonyl (C=O) groups is 1. The van der Waals surface area contributed by atoms with Gasteiger partial charge in [-0.1, -0.05) is 19.1 Å². The summed E-state index contributed by atoms with van der Waals surface area (Å²) in [7, 11) is 0. The molecule has 0 fully saturated rings. The van der Waals surface area contributed by atoms with Crippen LogP contribution in [0.3, 0.4) is 0 Å². The Kier molecular flexibility index (Phi) is 3.91. The van der Waals surface area contributed by atoms with Gasteiger partial charge in [-0.3, -0.25) is 4.79 Å². The van der Waals surface area contributed by atoms with Gasteiger partial charge in [-0.2, -0.15) is 0 Å². The van der Waals surface area contributed by atoms with E-state index in [-0.39, 0.29) is 5.91 Å². The first kappa shape index (κ1) is 13.9. The summed E-state index contributed by atoms with van der Waals surface area (Å²) >= 11 is 0. The minimum absolute atomic E-state index is 0.142. The van der Waals surface area contributed by atoms with Crippen LogP contribution >= 0.6 is 0 Å². The lowest BCUT2D eigenvalue weighted by Gasteiger charge is -2.07. The van der Waals surface area contributed by atoms with Gasteiger partial charge in [0.25, 0.3) is 5.91 Å². The molecule has 0 spiro atoms. The molecule has 0 radical (unpaired) electrons. The van der Waals surface area contributed by atoms with E-state index in [4.69, 9.17) is 0 Å². The molecule has 1 heterocycles. The fraction of sp³-hybridized carbons (Fsp3) is 0.125. The highest BCUT2D eigenvalue weighted by Gasteiger charge is 2.07. The molecule has 3 rings (SSSR count). The van der Waals surface area contributed by atoms with Crippen molar-refractivity contribution in [1.82, 2.24) is 20.2 Å². The molecule has 0 aliphatic heterocycles. The smallest absolute Gasteiger partial charge is 0.255 e. The van der Waals surface area contributed by atoms with Gasteiger partial charge in [0, 0.05) is 11.3 Å². The van der Waals surface area contributed by atoms with Gasteiger partial charge in [0.05, 0.1) is 5.69 Å². The normalized spacial score (nSPS) is 10.4. The van der Waals surface area contributed by atoms with E-state index in [1.54, 1.807) is 24.3 Å². The summed E-state index contributed by atoms with van der Waals surface area (Å²) in [5, 5.41) is 13.9. The van der Waals surface area contributed by atoms with Crippen molar-refractivity contribution in [3.05, 3.63) is 66.0 Å². The summed E-state index contributed by atoms with van der Waals surface area (Å²) < 4.78 is 1.53. The highest BCUT2D eigenvalue weighted by atomic mass is 16.1. The van der Waals surface area contributed by atoms with Crippen molar-refractivity contribution in [3.8, 4) is 5.69 Å². The van der Waals surface area contributed by atoms with Crippen molar-refractivity contribution in [2.45, 2.75) is 13.3 Å². The molecule has 0 saturated heterocycles. The van der Waals surface area contributed by atoms with Gasteiger partial charge in [-0.15, -0.1) is 5.10 Å². The Morgan fingerprint density at radius 2 is 2.00 bits per heavy atom. The second kappa shape index (κ2) is 6.17. The Morgan fingerprint density at radius 3 is 2.68 bits per heavy atom. The minimum Gasteiger partial charge on any atom is -0.322 e. The zero-order valence-electron chi connectivity index (χ0n) is 12.1. The van der Waals surface area contributed by atoms with Gasteiger partial charge in [-0.05, 0) is 58.8 Å². The Labute approximate surface area is 127 Å². The van der Waals surface area contributed by atoms with E-state index in [1.807, 2.05) is 24.3 Å². The summed E-state index contributed by atoms with van der Waals surface area (Å²) in [5.74, 6) is -0.142. The van der Waals surface area contributed by atoms with E-state index in [0.29, 0.717) is 5.56 Å². The average molecular weight is 293 g/mol. The molecule has 1 aromatic heterocycles. The maximum atomic E-state index is 12.3. The van der Waals surface area contributed by atoms with Crippen molar-refractivity contribution in [2.24, 2.45) is 0 Å². The van der Waals surface area contributed by atoms with Crippen molar-refractivity contribution in [2.75, 3.05) is 5.32 Å². The third-order valence-electron chi connectivity index (χ3n) is 3.34. The number of tetrazole rings is 1. The number of aryl methyl sites for hydroxylation is 1. The van der Waals surface area contributed by atoms with Crippen molar-refractivity contribution < 1.29 is 4.79 Å². The molecule has 2 aromatic carbocycles. The Balaban J connectivity index is 1.74. The number of nitrogens with zero attached hydrogens (tertiary/aromatic N) is 4. The number of amides is 1. The summed E-state index contributed by atoms with van der Waals surface area (Å²) in [4.78, 5) is 12.3. The van der Waals surface area contributed by atoms with Crippen LogP contribution in [0, 0.1) is 0 Å². The lowest BCUT2D eigenvalue weighted by molar-refractivity contribution is 0.102. The second-order valence-corrected chi connectivity index (χ2v) is 4.81. The van der Waals surface area contributed by atoms with E-state index < -0.39 is 0 Å². The lowest BCUT2D eigenvalue weighted by Crippen LogP contribution is -2.12. The van der Waals surface area contributed by atoms with Gasteiger partial charge in [-0.25, -0.2) is 4.68 Å². The maximum absolute atomic E-state index is 12.3. The fourth-order valence-electron chi connectivity index (χ4n) is 2.12. The van der Waals surface area contributed by atoms with Crippen LogP contribution in [0.2, 0.25) is 0 Å². The summed E-state index contributed by atoms with van der Waals surface area (Å²) in [6, 6.07) is 14.9. The molecule has 6 heteroatoms. The number of carbonyl (C=O) groups excluding carboxylic acids is 1. The predicted molar refractivity (Wildman–Crippen MR) is 82.9 cm³/mol. The first-order valence-electron chi connectivity index (χ1n) is 7.00. The monoisotopic (exact) mass is 293 g/mol. The topological polar surface area (TPSA) is 72.7 Å². The number of hydrogen-bond acceptors (Lipinski definition) is 4. The van der Waals surface area contributed by atoms with Crippen LogP contribution in [0.4, 0.5) is 5.69 Å². The standard InChI is InChI=1S/C16H15N5O/c1-2-12-4-3-5-14(10-12)18-16(22)13-6-8-15(9-7-13)21-11-17-19-20-21/h3-11H,2H2,1H3,(H,18,22). The lowest BCUT2D eigenvalue weighted by atomic mass is 10.1. The van der Waals surface area contributed by atoms with E-state index in [2.05, 4.69) is 27.8 Å². The molecule has 0 unspecified atom stereocenters. The summed E-state index contributed by atoms with van der Waals surface area (Å²) in [5.41, 5.74) is 3.37. The molecule has 1 N–H and O–H groups in total. The molecular formula is C16H15N5O. The predicted octanol–water partition coefficient (Wildman–Crippen LogP) is 2.48. The third-order valence-corrected chi connectivity index (χ3v) is 3.34. The summed E-state index contributed by atoms with van der Waals surface area (Å²) in [6.45, 7) is 2.08. The quantitative estimate of drug-likeness (QED) is 0.802. The molecule has 0 bridgehead atoms. The van der Waals surface area contributed by atoms with Crippen LogP contribution in [0.25, 0.3) is 5.69 Å². The van der Waals surface area contributed by atoms with Crippen LogP contribution in [0.1, 0.15) is 22.8 Å². The van der Waals surface area contributed by atoms with Gasteiger partial charge < -0.3 is 5.32 Å². The van der Waals surface area contributed by atoms with Crippen molar-refractivity contribution >= 4 is 11.6 Å². The minimum atomic E-state index is -0.142. The van der Waals surface area contributed by atoms with Crippen LogP contribution in [0.15, 0.2) is 54.9 Å². The average Bonchev–Trinajstić information content (AvgIpc) is 3.09. The molecule has 0 saturated carbocycles. The van der Waals surface area contributed by atoms with E-state index >= 15 is 0 Å². The number of nitrogens with one attached hydrogen (secondary N) is 1. The number of rotatable bonds is 4. The largest absolute Gasteiger partial charge is 0.322 e. The molecule has 0 aliphatic carbocycles. The molecule has 22 heavy (non-hydrogen) atoms. The van der Waals surface area contributed by atoms with Crippen LogP contribution in [0.5, 0.6) is 0 Å². The number of hydrogen-bond donors (Lipinski definition) is 1. The highest BCUT2D eigenvalue weighted by molar-refractivity contribution is 6.04. The highest BCUT2D eigenvalue weighted by Crippen LogP contribution is 2.14. The summed E-state index contributed by atoms with van der Waals surface area (Å²) in [6.07, 6.45) is 2.44. The third kappa shape index (κ3) is 3.01. The molecule has 110 valence electrons.